The Kier molecular flexibility index (Phi) is 8.53. The number of benzene rings is 1. The van der Waals surface area contributed by atoms with E-state index in [2.05, 4.69) is 6.07 Å². The maximum absolute atomic E-state index is 13.7. The lowest BCUT2D eigenvalue weighted by Gasteiger charge is -2.41. The molecule has 1 saturated heterocycles. The number of hydrogen-bond acceptors (Lipinski definition) is 6. The number of carbonyl (C=O) groups excluding carboxylic acids is 2. The normalized spacial score (nSPS) is 27.8. The largest absolute Gasteiger partial charge is 0.490 e. The highest BCUT2D eigenvalue weighted by Crippen LogP contribution is 2.41. The van der Waals surface area contributed by atoms with E-state index in [0.29, 0.717) is 36.4 Å². The van der Waals surface area contributed by atoms with E-state index in [1.54, 1.807) is 37.3 Å². The van der Waals surface area contributed by atoms with E-state index in [-0.39, 0.29) is 42.1 Å². The minimum atomic E-state index is -0.288. The Labute approximate surface area is 214 Å². The first-order valence-electron chi connectivity index (χ1n) is 13.2. The second-order valence-electron chi connectivity index (χ2n) is 10.8. The van der Waals surface area contributed by atoms with E-state index in [1.165, 1.54) is 0 Å². The van der Waals surface area contributed by atoms with Gasteiger partial charge in [0.1, 0.15) is 18.5 Å². The first kappa shape index (κ1) is 26.4. The Morgan fingerprint density at radius 1 is 1.08 bits per heavy atom. The first-order chi connectivity index (χ1) is 17.3. The molecule has 0 N–H and O–H groups in total. The Morgan fingerprint density at radius 2 is 1.86 bits per heavy atom. The van der Waals surface area contributed by atoms with E-state index in [4.69, 9.17) is 14.2 Å². The molecule has 0 radical (unpaired) electrons. The number of hydrogen-bond donors (Lipinski definition) is 0. The summed E-state index contributed by atoms with van der Waals surface area (Å²) in [5, 5.41) is 9.47. The van der Waals surface area contributed by atoms with Crippen LogP contribution in [0.25, 0.3) is 0 Å². The summed E-state index contributed by atoms with van der Waals surface area (Å²) in [5.41, 5.74) is 0.526. The van der Waals surface area contributed by atoms with E-state index >= 15 is 0 Å². The molecule has 2 heterocycles. The van der Waals surface area contributed by atoms with Crippen LogP contribution in [0.1, 0.15) is 73.7 Å². The van der Waals surface area contributed by atoms with Crippen molar-refractivity contribution in [3.8, 4) is 11.8 Å². The van der Waals surface area contributed by atoms with Crippen LogP contribution < -0.4 is 4.74 Å². The van der Waals surface area contributed by atoms with Crippen molar-refractivity contribution >= 4 is 11.8 Å². The molecule has 1 aromatic rings. The topological polar surface area (TPSA) is 92.1 Å². The van der Waals surface area contributed by atoms with Crippen LogP contribution in [0.2, 0.25) is 0 Å². The average molecular weight is 498 g/mol. The third kappa shape index (κ3) is 6.01. The smallest absolute Gasteiger partial charge is 0.257 e. The monoisotopic (exact) mass is 497 g/mol. The Balaban J connectivity index is 1.67. The first-order valence-corrected chi connectivity index (χ1v) is 13.2. The van der Waals surface area contributed by atoms with Crippen molar-refractivity contribution in [3.63, 3.8) is 0 Å². The van der Waals surface area contributed by atoms with Gasteiger partial charge in [0.2, 0.25) is 5.91 Å². The lowest BCUT2D eigenvalue weighted by atomic mass is 9.71. The standard InChI is InChI=1S/C28H39N3O5/c1-30-14-11-21-8-10-24(34-3)25(36-21)18-35-23-9-7-20(17-29)15-22(23)27(33)31(2)19-28(16-26(30)32)12-5-4-6-13-28/h7,9,15,21,24-25H,4-6,8,10-14,16,18-19H2,1-3H3/t21-,24-,25-/m0/s1. The molecule has 2 fully saturated rings. The number of fused-ring (bicyclic) bond motifs is 3. The molecule has 1 spiro atoms. The maximum atomic E-state index is 13.7. The van der Waals surface area contributed by atoms with Crippen LogP contribution in [-0.2, 0) is 14.3 Å². The third-order valence-electron chi connectivity index (χ3n) is 8.17. The Hall–Kier alpha value is -2.63. The molecule has 2 amide bonds. The summed E-state index contributed by atoms with van der Waals surface area (Å²) < 4.78 is 18.2. The van der Waals surface area contributed by atoms with Gasteiger partial charge in [-0.05, 0) is 55.7 Å². The summed E-state index contributed by atoms with van der Waals surface area (Å²) in [6.07, 6.45) is 7.68. The van der Waals surface area contributed by atoms with Crippen molar-refractivity contribution in [1.82, 2.24) is 9.80 Å². The van der Waals surface area contributed by atoms with Crippen LogP contribution in [0, 0.1) is 16.7 Å². The molecular formula is C28H39N3O5. The second-order valence-corrected chi connectivity index (χ2v) is 10.8. The van der Waals surface area contributed by atoms with Gasteiger partial charge >= 0.3 is 0 Å². The summed E-state index contributed by atoms with van der Waals surface area (Å²) in [7, 11) is 5.33. The lowest BCUT2D eigenvalue weighted by Crippen LogP contribution is -2.46. The number of methoxy groups -OCH3 is 1. The van der Waals surface area contributed by atoms with Crippen molar-refractivity contribution in [1.29, 1.82) is 5.26 Å². The number of amides is 2. The average Bonchev–Trinajstić information content (AvgIpc) is 2.89. The summed E-state index contributed by atoms with van der Waals surface area (Å²) in [5.74, 6) is 0.361. The van der Waals surface area contributed by atoms with Crippen LogP contribution >= 0.6 is 0 Å². The van der Waals surface area contributed by atoms with Gasteiger partial charge in [0.15, 0.2) is 0 Å². The molecule has 36 heavy (non-hydrogen) atoms. The van der Waals surface area contributed by atoms with Gasteiger partial charge in [-0.25, -0.2) is 0 Å². The number of nitriles is 1. The van der Waals surface area contributed by atoms with E-state index in [1.807, 2.05) is 11.9 Å². The molecule has 196 valence electrons. The fourth-order valence-electron chi connectivity index (χ4n) is 6.02. The molecule has 1 saturated carbocycles. The molecular weight excluding hydrogens is 458 g/mol. The van der Waals surface area contributed by atoms with Gasteiger partial charge < -0.3 is 24.0 Å². The predicted molar refractivity (Wildman–Crippen MR) is 135 cm³/mol. The minimum absolute atomic E-state index is 0.0185. The van der Waals surface area contributed by atoms with Gasteiger partial charge in [0.25, 0.3) is 5.91 Å². The second kappa shape index (κ2) is 11.6. The summed E-state index contributed by atoms with van der Waals surface area (Å²) >= 11 is 0. The van der Waals surface area contributed by atoms with Crippen LogP contribution in [0.3, 0.4) is 0 Å². The zero-order valence-electron chi connectivity index (χ0n) is 21.8. The van der Waals surface area contributed by atoms with Gasteiger partial charge in [0, 0.05) is 40.7 Å². The van der Waals surface area contributed by atoms with Crippen molar-refractivity contribution in [2.45, 2.75) is 76.1 Å². The molecule has 3 atom stereocenters. The molecule has 1 aromatic carbocycles. The minimum Gasteiger partial charge on any atom is -0.490 e. The van der Waals surface area contributed by atoms with E-state index in [9.17, 15) is 14.9 Å². The fraction of sp³-hybridized carbons (Fsp3) is 0.679. The molecule has 1 aliphatic carbocycles. The van der Waals surface area contributed by atoms with Crippen LogP contribution in [-0.4, -0.2) is 80.8 Å². The molecule has 0 aromatic heterocycles. The molecule has 4 rings (SSSR count). The molecule has 3 aliphatic rings. The van der Waals surface area contributed by atoms with Crippen LogP contribution in [0.5, 0.6) is 5.75 Å². The SMILES string of the molecule is CO[C@H]1CC[C@H]2CCN(C)C(=O)CC3(CCCCC3)CN(C)C(=O)c3cc(C#N)ccc3OC[C@@H]1O2. The highest BCUT2D eigenvalue weighted by molar-refractivity contribution is 5.97. The lowest BCUT2D eigenvalue weighted by molar-refractivity contribution is -0.146. The molecule has 8 heteroatoms. The number of ether oxygens (including phenoxy) is 3. The van der Waals surface area contributed by atoms with E-state index < -0.39 is 0 Å². The van der Waals surface area contributed by atoms with Crippen LogP contribution in [0.4, 0.5) is 0 Å². The number of carbonyl (C=O) groups is 2. The van der Waals surface area contributed by atoms with Crippen molar-refractivity contribution in [2.75, 3.05) is 40.9 Å². The Morgan fingerprint density at radius 3 is 2.58 bits per heavy atom. The van der Waals surface area contributed by atoms with Gasteiger partial charge in [0.05, 0.1) is 29.4 Å². The maximum Gasteiger partial charge on any atom is 0.257 e. The predicted octanol–water partition coefficient (Wildman–Crippen LogP) is 3.77. The zero-order valence-corrected chi connectivity index (χ0v) is 21.8. The molecule has 0 unspecified atom stereocenters. The molecule has 2 aliphatic heterocycles. The third-order valence-corrected chi connectivity index (χ3v) is 8.17. The molecule has 8 nitrogen and oxygen atoms in total. The number of nitrogens with zero attached hydrogens (tertiary/aromatic N) is 3. The van der Waals surface area contributed by atoms with E-state index in [0.717, 1.165) is 51.4 Å². The zero-order chi connectivity index (χ0) is 25.7. The number of rotatable bonds is 1. The Bertz CT molecular complexity index is 984. The van der Waals surface area contributed by atoms with Crippen molar-refractivity contribution in [2.24, 2.45) is 5.41 Å². The summed E-state index contributed by atoms with van der Waals surface area (Å²) in [6.45, 7) is 1.38. The highest BCUT2D eigenvalue weighted by atomic mass is 16.6. The van der Waals surface area contributed by atoms with Crippen molar-refractivity contribution < 1.29 is 23.8 Å². The van der Waals surface area contributed by atoms with Gasteiger partial charge in [-0.1, -0.05) is 19.3 Å². The summed E-state index contributed by atoms with van der Waals surface area (Å²) in [6, 6.07) is 7.09. The molecule has 2 bridgehead atoms. The highest BCUT2D eigenvalue weighted by Gasteiger charge is 2.38. The quantitative estimate of drug-likeness (QED) is 0.587. The van der Waals surface area contributed by atoms with Crippen molar-refractivity contribution in [3.05, 3.63) is 29.3 Å². The van der Waals surface area contributed by atoms with Crippen LogP contribution in [0.15, 0.2) is 18.2 Å². The fourth-order valence-corrected chi connectivity index (χ4v) is 6.02. The summed E-state index contributed by atoms with van der Waals surface area (Å²) in [4.78, 5) is 30.6. The van der Waals surface area contributed by atoms with Gasteiger partial charge in [-0.15, -0.1) is 0 Å². The van der Waals surface area contributed by atoms with Gasteiger partial charge in [-0.2, -0.15) is 5.26 Å². The van der Waals surface area contributed by atoms with Gasteiger partial charge in [-0.3, -0.25) is 9.59 Å².